The fraction of sp³-hybridized carbons (Fsp3) is 0.652. The second kappa shape index (κ2) is 8.25. The van der Waals surface area contributed by atoms with Crippen molar-refractivity contribution in [3.8, 4) is 0 Å². The summed E-state index contributed by atoms with van der Waals surface area (Å²) in [5.41, 5.74) is 2.89. The minimum Gasteiger partial charge on any atom is -0.444 e. The van der Waals surface area contributed by atoms with Crippen LogP contribution in [-0.2, 0) is 16.0 Å². The number of rotatable bonds is 2. The van der Waals surface area contributed by atoms with E-state index < -0.39 is 5.60 Å². The second-order valence-electron chi connectivity index (χ2n) is 9.54. The van der Waals surface area contributed by atoms with E-state index in [4.69, 9.17) is 4.74 Å². The fourth-order valence-electron chi connectivity index (χ4n) is 4.29. The van der Waals surface area contributed by atoms with E-state index in [0.717, 1.165) is 30.6 Å². The number of nitrogens with zero attached hydrogens (tertiary/aromatic N) is 2. The van der Waals surface area contributed by atoms with Crippen LogP contribution in [-0.4, -0.2) is 47.7 Å². The highest BCUT2D eigenvalue weighted by Gasteiger charge is 2.31. The van der Waals surface area contributed by atoms with Crippen LogP contribution < -0.4 is 10.2 Å². The molecule has 2 atom stereocenters. The topological polar surface area (TPSA) is 61.9 Å². The number of likely N-dealkylation sites (tertiary alicyclic amines) is 1. The molecule has 6 heteroatoms. The summed E-state index contributed by atoms with van der Waals surface area (Å²) >= 11 is 0. The Kier molecular flexibility index (Phi) is 6.11. The van der Waals surface area contributed by atoms with E-state index in [1.54, 1.807) is 11.8 Å². The third kappa shape index (κ3) is 5.03. The summed E-state index contributed by atoms with van der Waals surface area (Å²) in [5, 5.41) is 3.63. The fourth-order valence-corrected chi connectivity index (χ4v) is 4.29. The molecule has 2 amide bonds. The van der Waals surface area contributed by atoms with Gasteiger partial charge in [-0.25, -0.2) is 4.79 Å². The van der Waals surface area contributed by atoms with Gasteiger partial charge in [-0.3, -0.25) is 4.79 Å². The Morgan fingerprint density at radius 1 is 1.14 bits per heavy atom. The molecule has 29 heavy (non-hydrogen) atoms. The van der Waals surface area contributed by atoms with Gasteiger partial charge in [-0.05, 0) is 76.6 Å². The number of anilines is 2. The van der Waals surface area contributed by atoms with Gasteiger partial charge < -0.3 is 19.9 Å². The Labute approximate surface area is 174 Å². The number of nitrogens with one attached hydrogen (secondary N) is 1. The summed E-state index contributed by atoms with van der Waals surface area (Å²) in [6.07, 6.45) is 2.54. The summed E-state index contributed by atoms with van der Waals surface area (Å²) in [6, 6.07) is 6.87. The number of hydrogen-bond donors (Lipinski definition) is 1. The quantitative estimate of drug-likeness (QED) is 0.796. The summed E-state index contributed by atoms with van der Waals surface area (Å²) < 4.78 is 5.48. The zero-order valence-electron chi connectivity index (χ0n) is 18.6. The van der Waals surface area contributed by atoms with Gasteiger partial charge in [0.2, 0.25) is 5.91 Å². The summed E-state index contributed by atoms with van der Waals surface area (Å²) in [4.78, 5) is 28.1. The molecule has 0 spiro atoms. The lowest BCUT2D eigenvalue weighted by Crippen LogP contribution is -2.45. The van der Waals surface area contributed by atoms with Crippen molar-refractivity contribution in [1.82, 2.24) is 4.90 Å². The molecule has 0 radical (unpaired) electrons. The molecule has 1 saturated heterocycles. The standard InChI is InChI=1S/C23H35N3O3/c1-15-13-18-14-20(7-8-21(18)26(16(15)2)17(3)27)24-19-9-11-25(12-10-19)22(28)29-23(4,5)6/h7-8,14-16,19,24H,9-13H2,1-6H3/t15?,16-/m0/s1. The molecule has 0 aliphatic carbocycles. The normalized spacial score (nSPS) is 22.8. The number of carbonyl (C=O) groups excluding carboxylic acids is 2. The molecule has 3 rings (SSSR count). The summed E-state index contributed by atoms with van der Waals surface area (Å²) in [5.74, 6) is 0.527. The number of hydrogen-bond acceptors (Lipinski definition) is 4. The molecule has 2 aliphatic heterocycles. The molecule has 0 saturated carbocycles. The maximum Gasteiger partial charge on any atom is 0.410 e. The third-order valence-electron chi connectivity index (χ3n) is 5.97. The highest BCUT2D eigenvalue weighted by atomic mass is 16.6. The molecule has 0 aromatic heterocycles. The third-order valence-corrected chi connectivity index (χ3v) is 5.97. The van der Waals surface area contributed by atoms with Crippen LogP contribution in [0.1, 0.15) is 59.9 Å². The second-order valence-corrected chi connectivity index (χ2v) is 9.54. The van der Waals surface area contributed by atoms with Crippen LogP contribution in [0.2, 0.25) is 0 Å². The molecule has 6 nitrogen and oxygen atoms in total. The number of benzene rings is 1. The van der Waals surface area contributed by atoms with E-state index in [1.807, 2.05) is 25.7 Å². The highest BCUT2D eigenvalue weighted by molar-refractivity contribution is 5.93. The first-order chi connectivity index (χ1) is 13.5. The average Bonchev–Trinajstić information content (AvgIpc) is 2.61. The average molecular weight is 402 g/mol. The van der Waals surface area contributed by atoms with Crippen LogP contribution >= 0.6 is 0 Å². The molecule has 1 fully saturated rings. The van der Waals surface area contributed by atoms with Crippen LogP contribution in [0.4, 0.5) is 16.2 Å². The van der Waals surface area contributed by atoms with Crippen molar-refractivity contribution in [2.75, 3.05) is 23.3 Å². The molecule has 2 aliphatic rings. The lowest BCUT2D eigenvalue weighted by molar-refractivity contribution is -0.117. The summed E-state index contributed by atoms with van der Waals surface area (Å²) in [7, 11) is 0. The van der Waals surface area contributed by atoms with E-state index in [0.29, 0.717) is 25.0 Å². The maximum atomic E-state index is 12.2. The number of piperidine rings is 1. The molecular formula is C23H35N3O3. The van der Waals surface area contributed by atoms with E-state index in [1.165, 1.54) is 5.56 Å². The molecule has 2 heterocycles. The zero-order chi connectivity index (χ0) is 21.3. The van der Waals surface area contributed by atoms with Crippen molar-refractivity contribution in [1.29, 1.82) is 0 Å². The van der Waals surface area contributed by atoms with Crippen molar-refractivity contribution < 1.29 is 14.3 Å². The number of carbonyl (C=O) groups is 2. The Hall–Kier alpha value is -2.24. The number of fused-ring (bicyclic) bond motifs is 1. The first-order valence-corrected chi connectivity index (χ1v) is 10.7. The van der Waals surface area contributed by atoms with Crippen LogP contribution in [0.25, 0.3) is 0 Å². The van der Waals surface area contributed by atoms with E-state index in [2.05, 4.69) is 37.4 Å². The van der Waals surface area contributed by atoms with Gasteiger partial charge in [0, 0.05) is 43.5 Å². The van der Waals surface area contributed by atoms with Crippen molar-refractivity contribution in [2.24, 2.45) is 5.92 Å². The van der Waals surface area contributed by atoms with E-state index in [9.17, 15) is 9.59 Å². The smallest absolute Gasteiger partial charge is 0.410 e. The monoisotopic (exact) mass is 401 g/mol. The Morgan fingerprint density at radius 3 is 2.38 bits per heavy atom. The summed E-state index contributed by atoms with van der Waals surface area (Å²) in [6.45, 7) is 13.0. The van der Waals surface area contributed by atoms with Gasteiger partial charge in [-0.15, -0.1) is 0 Å². The zero-order valence-corrected chi connectivity index (χ0v) is 18.6. The van der Waals surface area contributed by atoms with Gasteiger partial charge in [0.25, 0.3) is 0 Å². The van der Waals surface area contributed by atoms with Gasteiger partial charge in [0.1, 0.15) is 5.60 Å². The largest absolute Gasteiger partial charge is 0.444 e. The van der Waals surface area contributed by atoms with Crippen molar-refractivity contribution in [2.45, 2.75) is 78.5 Å². The predicted octanol–water partition coefficient (Wildman–Crippen LogP) is 4.43. The predicted molar refractivity (Wildman–Crippen MR) is 116 cm³/mol. The number of ether oxygens (including phenoxy) is 1. The maximum absolute atomic E-state index is 12.2. The van der Waals surface area contributed by atoms with Gasteiger partial charge in [0.15, 0.2) is 0 Å². The minimum atomic E-state index is -0.461. The highest BCUT2D eigenvalue weighted by Crippen LogP contribution is 2.36. The molecule has 1 aromatic rings. The SMILES string of the molecule is CC(=O)N1c2ccc(NC3CCN(C(=O)OC(C)(C)C)CC3)cc2CC(C)[C@@H]1C. The Morgan fingerprint density at radius 2 is 1.79 bits per heavy atom. The van der Waals surface area contributed by atoms with Crippen LogP contribution in [0.5, 0.6) is 0 Å². The van der Waals surface area contributed by atoms with E-state index >= 15 is 0 Å². The molecule has 1 N–H and O–H groups in total. The van der Waals surface area contributed by atoms with Gasteiger partial charge in [-0.2, -0.15) is 0 Å². The molecule has 1 unspecified atom stereocenters. The van der Waals surface area contributed by atoms with Gasteiger partial charge >= 0.3 is 6.09 Å². The van der Waals surface area contributed by atoms with Crippen molar-refractivity contribution in [3.63, 3.8) is 0 Å². The van der Waals surface area contributed by atoms with Gasteiger partial charge in [0.05, 0.1) is 0 Å². The van der Waals surface area contributed by atoms with Crippen LogP contribution in [0.3, 0.4) is 0 Å². The Balaban J connectivity index is 1.62. The van der Waals surface area contributed by atoms with Crippen molar-refractivity contribution >= 4 is 23.4 Å². The van der Waals surface area contributed by atoms with Crippen LogP contribution in [0, 0.1) is 5.92 Å². The molecule has 160 valence electrons. The first-order valence-electron chi connectivity index (χ1n) is 10.7. The van der Waals surface area contributed by atoms with Crippen LogP contribution in [0.15, 0.2) is 18.2 Å². The minimum absolute atomic E-state index is 0.0977. The molecular weight excluding hydrogens is 366 g/mol. The number of amides is 2. The molecule has 1 aromatic carbocycles. The Bertz CT molecular complexity index is 763. The first kappa shape index (κ1) is 21.5. The van der Waals surface area contributed by atoms with E-state index in [-0.39, 0.29) is 18.0 Å². The van der Waals surface area contributed by atoms with Gasteiger partial charge in [-0.1, -0.05) is 6.92 Å². The molecule has 0 bridgehead atoms. The lowest BCUT2D eigenvalue weighted by Gasteiger charge is -2.39. The van der Waals surface area contributed by atoms with Crippen molar-refractivity contribution in [3.05, 3.63) is 23.8 Å². The lowest BCUT2D eigenvalue weighted by atomic mass is 9.87.